The van der Waals surface area contributed by atoms with Gasteiger partial charge in [-0.3, -0.25) is 9.59 Å². The number of carbonyl (C=O) groups excluding carboxylic acids is 2. The summed E-state index contributed by atoms with van der Waals surface area (Å²) in [5, 5.41) is 16.0. The maximum atomic E-state index is 12.9. The van der Waals surface area contributed by atoms with Gasteiger partial charge in [0.15, 0.2) is 11.0 Å². The van der Waals surface area contributed by atoms with Gasteiger partial charge < -0.3 is 19.9 Å². The quantitative estimate of drug-likeness (QED) is 0.334. The molecule has 0 aliphatic heterocycles. The molecule has 0 unspecified atom stereocenters. The number of aromatic nitrogens is 3. The third kappa shape index (κ3) is 7.13. The number of methoxy groups -OCH3 is 1. The Morgan fingerprint density at radius 1 is 1.09 bits per heavy atom. The van der Waals surface area contributed by atoms with Crippen LogP contribution in [0.1, 0.15) is 43.0 Å². The van der Waals surface area contributed by atoms with Crippen molar-refractivity contribution < 1.29 is 14.3 Å². The van der Waals surface area contributed by atoms with Crippen molar-refractivity contribution in [1.29, 1.82) is 0 Å². The maximum absolute atomic E-state index is 12.9. The van der Waals surface area contributed by atoms with Crippen LogP contribution in [0.3, 0.4) is 0 Å². The molecule has 0 bridgehead atoms. The molecular formula is C24H27Cl2N5O3S. The van der Waals surface area contributed by atoms with Gasteiger partial charge in [0.25, 0.3) is 5.91 Å². The van der Waals surface area contributed by atoms with Crippen molar-refractivity contribution in [1.82, 2.24) is 20.1 Å². The van der Waals surface area contributed by atoms with Gasteiger partial charge in [0.2, 0.25) is 5.91 Å². The van der Waals surface area contributed by atoms with Crippen LogP contribution in [0.4, 0.5) is 5.69 Å². The van der Waals surface area contributed by atoms with E-state index in [9.17, 15) is 9.59 Å². The summed E-state index contributed by atoms with van der Waals surface area (Å²) in [6, 6.07) is 11.4. The van der Waals surface area contributed by atoms with E-state index < -0.39 is 0 Å². The van der Waals surface area contributed by atoms with E-state index in [1.165, 1.54) is 11.8 Å². The molecule has 1 aromatic heterocycles. The summed E-state index contributed by atoms with van der Waals surface area (Å²) in [6.07, 6.45) is 0. The Bertz CT molecular complexity index is 1160. The Morgan fingerprint density at radius 2 is 1.74 bits per heavy atom. The number of nitrogens with zero attached hydrogens (tertiary/aromatic N) is 3. The highest BCUT2D eigenvalue weighted by Crippen LogP contribution is 2.27. The fourth-order valence-corrected chi connectivity index (χ4v) is 4.72. The van der Waals surface area contributed by atoms with Gasteiger partial charge >= 0.3 is 0 Å². The van der Waals surface area contributed by atoms with Gasteiger partial charge in [-0.1, -0.05) is 48.8 Å². The van der Waals surface area contributed by atoms with Crippen molar-refractivity contribution in [2.45, 2.75) is 38.5 Å². The molecule has 0 radical (unpaired) electrons. The zero-order chi connectivity index (χ0) is 25.5. The van der Waals surface area contributed by atoms with E-state index >= 15 is 0 Å². The average Bonchev–Trinajstić information content (AvgIpc) is 3.22. The number of hydrogen-bond donors (Lipinski definition) is 2. The van der Waals surface area contributed by atoms with Crippen molar-refractivity contribution >= 4 is 52.5 Å². The Morgan fingerprint density at radius 3 is 2.31 bits per heavy atom. The summed E-state index contributed by atoms with van der Waals surface area (Å²) in [5.74, 6) is 1.04. The normalized spacial score (nSPS) is 11.9. The number of hydrogen-bond acceptors (Lipinski definition) is 6. The number of halogens is 2. The first-order valence-corrected chi connectivity index (χ1v) is 12.7. The number of ether oxygens (including phenoxy) is 1. The molecule has 0 fully saturated rings. The minimum Gasteiger partial charge on any atom is -0.497 e. The number of anilines is 1. The van der Waals surface area contributed by atoms with Crippen LogP contribution in [0.15, 0.2) is 47.6 Å². The Labute approximate surface area is 218 Å². The molecule has 1 heterocycles. The lowest BCUT2D eigenvalue weighted by Gasteiger charge is -2.22. The molecule has 2 amide bonds. The minimum absolute atomic E-state index is 0.0559. The molecule has 2 N–H and O–H groups in total. The number of nitrogens with one attached hydrogen (secondary N) is 2. The van der Waals surface area contributed by atoms with Crippen LogP contribution >= 0.6 is 35.0 Å². The molecule has 11 heteroatoms. The summed E-state index contributed by atoms with van der Waals surface area (Å²) in [7, 11) is 1.58. The summed E-state index contributed by atoms with van der Waals surface area (Å²) in [4.78, 5) is 25.4. The molecule has 1 atom stereocenters. The standard InChI is InChI=1S/C24H27Cl2N5O3S/c1-5-31-22(21(14(2)3)28-23(33)15-6-8-19(34-4)9-7-15)29-30-24(31)35-13-20(32)27-18-11-16(25)10-17(26)12-18/h6-12,14,21H,5,13H2,1-4H3,(H,27,32)(H,28,33)/t21-/m0/s1. The van der Waals surface area contributed by atoms with Gasteiger partial charge in [-0.05, 0) is 55.3 Å². The number of amides is 2. The van der Waals surface area contributed by atoms with Crippen LogP contribution in [-0.2, 0) is 11.3 Å². The lowest BCUT2D eigenvalue weighted by molar-refractivity contribution is -0.113. The van der Waals surface area contributed by atoms with Crippen molar-refractivity contribution in [2.24, 2.45) is 5.92 Å². The zero-order valence-corrected chi connectivity index (χ0v) is 22.2. The predicted octanol–water partition coefficient (Wildman–Crippen LogP) is 5.47. The third-order valence-electron chi connectivity index (χ3n) is 5.12. The SMILES string of the molecule is CCn1c(SCC(=O)Nc2cc(Cl)cc(Cl)c2)nnc1[C@@H](NC(=O)c1ccc(OC)cc1)C(C)C. The molecule has 0 spiro atoms. The van der Waals surface area contributed by atoms with E-state index in [2.05, 4.69) is 20.8 Å². The molecule has 3 rings (SSSR count). The summed E-state index contributed by atoms with van der Waals surface area (Å²) in [6.45, 7) is 6.56. The van der Waals surface area contributed by atoms with Crippen molar-refractivity contribution in [2.75, 3.05) is 18.2 Å². The van der Waals surface area contributed by atoms with Crippen LogP contribution in [0.2, 0.25) is 10.0 Å². The zero-order valence-electron chi connectivity index (χ0n) is 19.8. The van der Waals surface area contributed by atoms with Crippen LogP contribution in [0, 0.1) is 5.92 Å². The smallest absolute Gasteiger partial charge is 0.251 e. The fraction of sp³-hybridized carbons (Fsp3) is 0.333. The first kappa shape index (κ1) is 26.8. The van der Waals surface area contributed by atoms with E-state index in [0.29, 0.717) is 44.6 Å². The second-order valence-electron chi connectivity index (χ2n) is 8.00. The summed E-state index contributed by atoms with van der Waals surface area (Å²) < 4.78 is 7.07. The monoisotopic (exact) mass is 535 g/mol. The largest absolute Gasteiger partial charge is 0.497 e. The van der Waals surface area contributed by atoms with Crippen LogP contribution in [0.25, 0.3) is 0 Å². The van der Waals surface area contributed by atoms with Crippen LogP contribution in [0.5, 0.6) is 5.75 Å². The van der Waals surface area contributed by atoms with E-state index in [0.717, 1.165) is 0 Å². The average molecular weight is 536 g/mol. The molecular weight excluding hydrogens is 509 g/mol. The molecule has 0 aliphatic rings. The van der Waals surface area contributed by atoms with Crippen molar-refractivity contribution in [3.8, 4) is 5.75 Å². The van der Waals surface area contributed by atoms with Crippen molar-refractivity contribution in [3.05, 3.63) is 63.9 Å². The van der Waals surface area contributed by atoms with Gasteiger partial charge in [0.05, 0.1) is 18.9 Å². The molecule has 0 aliphatic carbocycles. The van der Waals surface area contributed by atoms with Gasteiger partial charge in [0.1, 0.15) is 5.75 Å². The first-order chi connectivity index (χ1) is 16.7. The topological polar surface area (TPSA) is 98.1 Å². The Kier molecular flexibility index (Phi) is 9.42. The van der Waals surface area contributed by atoms with Crippen LogP contribution in [-0.4, -0.2) is 39.4 Å². The number of benzene rings is 2. The van der Waals surface area contributed by atoms with E-state index in [1.54, 1.807) is 49.6 Å². The van der Waals surface area contributed by atoms with Crippen molar-refractivity contribution in [3.63, 3.8) is 0 Å². The van der Waals surface area contributed by atoms with Crippen LogP contribution < -0.4 is 15.4 Å². The molecule has 186 valence electrons. The van der Waals surface area contributed by atoms with Gasteiger partial charge in [-0.15, -0.1) is 10.2 Å². The fourth-order valence-electron chi connectivity index (χ4n) is 3.38. The Balaban J connectivity index is 1.70. The lowest BCUT2D eigenvalue weighted by atomic mass is 10.0. The molecule has 2 aromatic carbocycles. The molecule has 0 saturated heterocycles. The number of rotatable bonds is 10. The first-order valence-electron chi connectivity index (χ1n) is 11.0. The maximum Gasteiger partial charge on any atom is 0.251 e. The van der Waals surface area contributed by atoms with E-state index in [1.807, 2.05) is 25.3 Å². The lowest BCUT2D eigenvalue weighted by Crippen LogP contribution is -2.33. The Hall–Kier alpha value is -2.75. The van der Waals surface area contributed by atoms with Gasteiger partial charge in [-0.25, -0.2) is 0 Å². The number of thioether (sulfide) groups is 1. The van der Waals surface area contributed by atoms with Gasteiger partial charge in [0, 0.05) is 27.8 Å². The minimum atomic E-state index is -0.367. The third-order valence-corrected chi connectivity index (χ3v) is 6.53. The van der Waals surface area contributed by atoms with E-state index in [-0.39, 0.29) is 29.5 Å². The second-order valence-corrected chi connectivity index (χ2v) is 9.82. The highest BCUT2D eigenvalue weighted by Gasteiger charge is 2.26. The van der Waals surface area contributed by atoms with Gasteiger partial charge in [-0.2, -0.15) is 0 Å². The second kappa shape index (κ2) is 12.3. The molecule has 35 heavy (non-hydrogen) atoms. The molecule has 0 saturated carbocycles. The molecule has 3 aromatic rings. The van der Waals surface area contributed by atoms with E-state index in [4.69, 9.17) is 27.9 Å². The molecule has 8 nitrogen and oxygen atoms in total. The predicted molar refractivity (Wildman–Crippen MR) is 140 cm³/mol. The summed E-state index contributed by atoms with van der Waals surface area (Å²) >= 11 is 13.3. The highest BCUT2D eigenvalue weighted by atomic mass is 35.5. The number of carbonyl (C=O) groups is 2. The summed E-state index contributed by atoms with van der Waals surface area (Å²) in [5.41, 5.74) is 1.04. The highest BCUT2D eigenvalue weighted by molar-refractivity contribution is 7.99.